The number of hydrogen-bond donors (Lipinski definition) is 3. The molecule has 0 fully saturated rings. The first kappa shape index (κ1) is 21.8. The number of aromatic hydroxyl groups is 2. The molecule has 0 radical (unpaired) electrons. The summed E-state index contributed by atoms with van der Waals surface area (Å²) in [4.78, 5) is 26.1. The third-order valence-electron chi connectivity index (χ3n) is 5.91. The fourth-order valence-electron chi connectivity index (χ4n) is 4.19. The number of nitrogen functional groups attached to an aromatic ring is 1. The molecule has 0 unspecified atom stereocenters. The first-order valence-electron chi connectivity index (χ1n) is 11.0. The Hall–Kier alpha value is -4.76. The van der Waals surface area contributed by atoms with Crippen LogP contribution in [-0.2, 0) is 6.42 Å². The lowest BCUT2D eigenvalue weighted by molar-refractivity contribution is 0.466. The lowest BCUT2D eigenvalue weighted by Gasteiger charge is -2.13. The van der Waals surface area contributed by atoms with Gasteiger partial charge in [0.1, 0.15) is 22.1 Å². The average molecular weight is 495 g/mol. The second kappa shape index (κ2) is 8.47. The van der Waals surface area contributed by atoms with E-state index in [0.29, 0.717) is 38.3 Å². The van der Waals surface area contributed by atoms with Crippen LogP contribution in [0, 0.1) is 0 Å². The van der Waals surface area contributed by atoms with Crippen LogP contribution >= 0.6 is 11.3 Å². The molecular weight excluding hydrogens is 476 g/mol. The summed E-state index contributed by atoms with van der Waals surface area (Å²) in [5.41, 5.74) is 8.57. The molecule has 0 aliphatic heterocycles. The Morgan fingerprint density at radius 3 is 2.56 bits per heavy atom. The number of nitrogens with zero attached hydrogens (tertiary/aromatic N) is 3. The van der Waals surface area contributed by atoms with Crippen LogP contribution in [0.3, 0.4) is 0 Å². The van der Waals surface area contributed by atoms with Crippen molar-refractivity contribution in [3.05, 3.63) is 94.5 Å². The van der Waals surface area contributed by atoms with Crippen molar-refractivity contribution in [1.29, 1.82) is 0 Å². The molecule has 3 aromatic carbocycles. The third kappa shape index (κ3) is 3.71. The first-order valence-corrected chi connectivity index (χ1v) is 11.8. The zero-order valence-electron chi connectivity index (χ0n) is 18.7. The number of phenols is 2. The minimum absolute atomic E-state index is 0.0333. The van der Waals surface area contributed by atoms with Gasteiger partial charge in [0.15, 0.2) is 0 Å². The van der Waals surface area contributed by atoms with Crippen molar-refractivity contribution in [1.82, 2.24) is 15.0 Å². The van der Waals surface area contributed by atoms with Crippen molar-refractivity contribution in [2.24, 2.45) is 0 Å². The van der Waals surface area contributed by atoms with Crippen LogP contribution in [0.5, 0.6) is 11.5 Å². The SMILES string of the molecule is Nc1ncc(Cc2c(O)ccc3cc(-c4nc5ccccc5s4)c(=O)oc23)c(-c2ccccc2O)n1. The fourth-order valence-corrected chi connectivity index (χ4v) is 5.16. The van der Waals surface area contributed by atoms with Crippen LogP contribution in [0.2, 0.25) is 0 Å². The summed E-state index contributed by atoms with van der Waals surface area (Å²) >= 11 is 1.41. The summed E-state index contributed by atoms with van der Waals surface area (Å²) in [5, 5.41) is 22.3. The zero-order valence-corrected chi connectivity index (χ0v) is 19.5. The summed E-state index contributed by atoms with van der Waals surface area (Å²) in [6, 6.07) is 19.4. The van der Waals surface area contributed by atoms with Crippen LogP contribution in [-0.4, -0.2) is 25.2 Å². The number of aromatic nitrogens is 3. The molecule has 9 heteroatoms. The Kier molecular flexibility index (Phi) is 5.12. The van der Waals surface area contributed by atoms with Gasteiger partial charge < -0.3 is 20.4 Å². The molecule has 6 aromatic rings. The molecule has 3 aromatic heterocycles. The summed E-state index contributed by atoms with van der Waals surface area (Å²) < 4.78 is 6.73. The Bertz CT molecular complexity index is 1810. The molecule has 0 aliphatic carbocycles. The molecule has 0 atom stereocenters. The highest BCUT2D eigenvalue weighted by molar-refractivity contribution is 7.21. The molecule has 0 bridgehead atoms. The van der Waals surface area contributed by atoms with E-state index in [1.54, 1.807) is 42.5 Å². The highest BCUT2D eigenvalue weighted by Crippen LogP contribution is 2.36. The number of phenolic OH excluding ortho intramolecular Hbond substituents is 2. The van der Waals surface area contributed by atoms with Crippen LogP contribution in [0.25, 0.3) is 43.0 Å². The van der Waals surface area contributed by atoms with Gasteiger partial charge in [0, 0.05) is 34.7 Å². The van der Waals surface area contributed by atoms with E-state index in [0.717, 1.165) is 10.2 Å². The Balaban J connectivity index is 1.49. The topological polar surface area (TPSA) is 135 Å². The highest BCUT2D eigenvalue weighted by atomic mass is 32.1. The van der Waals surface area contributed by atoms with Gasteiger partial charge in [-0.1, -0.05) is 24.3 Å². The first-order chi connectivity index (χ1) is 17.5. The monoisotopic (exact) mass is 494 g/mol. The molecule has 3 heterocycles. The minimum Gasteiger partial charge on any atom is -0.508 e. The Morgan fingerprint density at radius 1 is 0.917 bits per heavy atom. The lowest BCUT2D eigenvalue weighted by Crippen LogP contribution is -2.05. The van der Waals surface area contributed by atoms with E-state index in [2.05, 4.69) is 15.0 Å². The van der Waals surface area contributed by atoms with Gasteiger partial charge in [-0.3, -0.25) is 0 Å². The van der Waals surface area contributed by atoms with Gasteiger partial charge in [-0.15, -0.1) is 11.3 Å². The van der Waals surface area contributed by atoms with E-state index in [9.17, 15) is 15.0 Å². The quantitative estimate of drug-likeness (QED) is 0.288. The number of hydrogen-bond acceptors (Lipinski definition) is 9. The van der Waals surface area contributed by atoms with Crippen LogP contribution in [0.1, 0.15) is 11.1 Å². The standard InChI is InChI=1S/C27H18N4O4S/c28-27-29-13-15(23(31-27)16-5-1-3-7-20(16)32)12-17-21(33)10-9-14-11-18(26(34)35-24(14)17)25-30-19-6-2-4-8-22(19)36-25/h1-11,13,32-33H,12H2,(H2,28,29,31). The number of para-hydroxylation sites is 2. The highest BCUT2D eigenvalue weighted by Gasteiger charge is 2.19. The maximum Gasteiger partial charge on any atom is 0.346 e. The van der Waals surface area contributed by atoms with Crippen molar-refractivity contribution < 1.29 is 14.6 Å². The number of benzene rings is 3. The van der Waals surface area contributed by atoms with Crippen LogP contribution in [0.4, 0.5) is 5.95 Å². The lowest BCUT2D eigenvalue weighted by atomic mass is 9.98. The van der Waals surface area contributed by atoms with Gasteiger partial charge in [-0.05, 0) is 42.5 Å². The summed E-state index contributed by atoms with van der Waals surface area (Å²) in [6.07, 6.45) is 1.67. The van der Waals surface area contributed by atoms with E-state index < -0.39 is 5.63 Å². The summed E-state index contributed by atoms with van der Waals surface area (Å²) in [7, 11) is 0. The predicted octanol–water partition coefficient (Wildman–Crippen LogP) is 5.11. The second-order valence-corrected chi connectivity index (χ2v) is 9.24. The van der Waals surface area contributed by atoms with Crippen molar-refractivity contribution in [3.8, 4) is 33.3 Å². The smallest absolute Gasteiger partial charge is 0.346 e. The van der Waals surface area contributed by atoms with Crippen LogP contribution in [0.15, 0.2) is 82.1 Å². The molecule has 0 saturated heterocycles. The molecule has 0 amide bonds. The molecule has 0 aliphatic rings. The van der Waals surface area contributed by atoms with Crippen molar-refractivity contribution in [3.63, 3.8) is 0 Å². The number of thiazole rings is 1. The van der Waals surface area contributed by atoms with E-state index in [4.69, 9.17) is 10.2 Å². The summed E-state index contributed by atoms with van der Waals surface area (Å²) in [5.74, 6) is 0.0376. The van der Waals surface area contributed by atoms with Gasteiger partial charge in [0.25, 0.3) is 0 Å². The second-order valence-electron chi connectivity index (χ2n) is 8.21. The number of nitrogens with two attached hydrogens (primary N) is 1. The van der Waals surface area contributed by atoms with E-state index in [1.165, 1.54) is 17.5 Å². The normalized spacial score (nSPS) is 11.3. The molecule has 6 rings (SSSR count). The zero-order chi connectivity index (χ0) is 24.8. The largest absolute Gasteiger partial charge is 0.508 e. The third-order valence-corrected chi connectivity index (χ3v) is 6.98. The van der Waals surface area contributed by atoms with E-state index >= 15 is 0 Å². The van der Waals surface area contributed by atoms with E-state index in [-0.39, 0.29) is 29.5 Å². The summed E-state index contributed by atoms with van der Waals surface area (Å²) in [6.45, 7) is 0. The van der Waals surface area contributed by atoms with Gasteiger partial charge in [-0.2, -0.15) is 0 Å². The fraction of sp³-hybridized carbons (Fsp3) is 0.0370. The van der Waals surface area contributed by atoms with Gasteiger partial charge in [0.05, 0.1) is 21.5 Å². The van der Waals surface area contributed by atoms with Gasteiger partial charge in [0.2, 0.25) is 5.95 Å². The van der Waals surface area contributed by atoms with Crippen molar-refractivity contribution in [2.75, 3.05) is 5.73 Å². The molecular formula is C27H18N4O4S. The predicted molar refractivity (Wildman–Crippen MR) is 139 cm³/mol. The Labute approximate surface area is 208 Å². The van der Waals surface area contributed by atoms with Crippen molar-refractivity contribution >= 4 is 38.5 Å². The number of rotatable bonds is 4. The number of anilines is 1. The number of fused-ring (bicyclic) bond motifs is 2. The molecule has 8 nitrogen and oxygen atoms in total. The Morgan fingerprint density at radius 2 is 1.72 bits per heavy atom. The molecule has 0 saturated carbocycles. The maximum absolute atomic E-state index is 13.0. The van der Waals surface area contributed by atoms with Gasteiger partial charge >= 0.3 is 5.63 Å². The average Bonchev–Trinajstić information content (AvgIpc) is 3.31. The van der Waals surface area contributed by atoms with Gasteiger partial charge in [-0.25, -0.2) is 19.7 Å². The van der Waals surface area contributed by atoms with Crippen LogP contribution < -0.4 is 11.4 Å². The van der Waals surface area contributed by atoms with E-state index in [1.807, 2.05) is 24.3 Å². The molecule has 4 N–H and O–H groups in total. The van der Waals surface area contributed by atoms with Crippen molar-refractivity contribution in [2.45, 2.75) is 6.42 Å². The molecule has 176 valence electrons. The minimum atomic E-state index is -0.553. The molecule has 36 heavy (non-hydrogen) atoms. The maximum atomic E-state index is 13.0. The molecule has 0 spiro atoms.